The Morgan fingerprint density at radius 3 is 2.46 bits per heavy atom. The molecule has 0 spiro atoms. The van der Waals surface area contributed by atoms with Gasteiger partial charge in [0.2, 0.25) is 0 Å². The van der Waals surface area contributed by atoms with Gasteiger partial charge >= 0.3 is 6.18 Å². The zero-order valence-electron chi connectivity index (χ0n) is 14.1. The van der Waals surface area contributed by atoms with Crippen LogP contribution in [-0.4, -0.2) is 13.0 Å². The number of hydrogen-bond donors (Lipinski definition) is 1. The fourth-order valence-electron chi connectivity index (χ4n) is 2.69. The van der Waals surface area contributed by atoms with Gasteiger partial charge in [-0.05, 0) is 42.8 Å². The molecule has 1 N–H and O–H groups in total. The molecule has 0 saturated carbocycles. The third kappa shape index (κ3) is 3.51. The van der Waals surface area contributed by atoms with E-state index in [1.807, 2.05) is 0 Å². The molecule has 0 unspecified atom stereocenters. The number of fused-ring (bicyclic) bond motifs is 1. The summed E-state index contributed by atoms with van der Waals surface area (Å²) in [6.45, 7) is 1.78. The lowest BCUT2D eigenvalue weighted by molar-refractivity contribution is -0.137. The molecule has 7 heteroatoms. The van der Waals surface area contributed by atoms with Crippen LogP contribution in [0.3, 0.4) is 0 Å². The van der Waals surface area contributed by atoms with Gasteiger partial charge in [0.25, 0.3) is 5.91 Å². The SMILES string of the molecule is COc1ccc2oc(C)c(C(=O)NCc3ccc(C(F)(F)F)cc3)c2c1. The zero-order valence-corrected chi connectivity index (χ0v) is 14.1. The summed E-state index contributed by atoms with van der Waals surface area (Å²) in [7, 11) is 1.53. The van der Waals surface area contributed by atoms with Gasteiger partial charge in [0, 0.05) is 11.9 Å². The number of aryl methyl sites for hydroxylation is 1. The van der Waals surface area contributed by atoms with E-state index in [0.717, 1.165) is 12.1 Å². The van der Waals surface area contributed by atoms with Gasteiger partial charge in [-0.15, -0.1) is 0 Å². The van der Waals surface area contributed by atoms with Crippen LogP contribution in [0, 0.1) is 6.92 Å². The van der Waals surface area contributed by atoms with Crippen LogP contribution in [0.2, 0.25) is 0 Å². The number of benzene rings is 2. The molecule has 1 amide bonds. The Bertz CT molecular complexity index is 943. The predicted octanol–water partition coefficient (Wildman–Crippen LogP) is 4.70. The van der Waals surface area contributed by atoms with Gasteiger partial charge in [-0.2, -0.15) is 13.2 Å². The van der Waals surface area contributed by atoms with E-state index in [-0.39, 0.29) is 12.5 Å². The van der Waals surface area contributed by atoms with Crippen LogP contribution in [0.15, 0.2) is 46.9 Å². The molecular formula is C19H16F3NO3. The van der Waals surface area contributed by atoms with Crippen molar-refractivity contribution in [2.24, 2.45) is 0 Å². The fraction of sp³-hybridized carbons (Fsp3) is 0.211. The normalized spacial score (nSPS) is 11.6. The number of ether oxygens (including phenoxy) is 1. The molecule has 136 valence electrons. The van der Waals surface area contributed by atoms with Crippen LogP contribution < -0.4 is 10.1 Å². The molecule has 1 aromatic heterocycles. The Hall–Kier alpha value is -2.96. The molecule has 3 aromatic rings. The number of carbonyl (C=O) groups is 1. The average molecular weight is 363 g/mol. The van der Waals surface area contributed by atoms with Crippen molar-refractivity contribution in [1.29, 1.82) is 0 Å². The number of alkyl halides is 3. The molecule has 0 fully saturated rings. The Morgan fingerprint density at radius 1 is 1.15 bits per heavy atom. The largest absolute Gasteiger partial charge is 0.497 e. The van der Waals surface area contributed by atoms with Crippen LogP contribution in [0.1, 0.15) is 27.2 Å². The quantitative estimate of drug-likeness (QED) is 0.731. The number of rotatable bonds is 4. The first-order valence-corrected chi connectivity index (χ1v) is 7.81. The van der Waals surface area contributed by atoms with Crippen molar-refractivity contribution in [3.63, 3.8) is 0 Å². The Labute approximate surface area is 147 Å². The van der Waals surface area contributed by atoms with Crippen molar-refractivity contribution >= 4 is 16.9 Å². The van der Waals surface area contributed by atoms with Crippen molar-refractivity contribution in [1.82, 2.24) is 5.32 Å². The first-order valence-electron chi connectivity index (χ1n) is 7.81. The average Bonchev–Trinajstić information content (AvgIpc) is 2.94. The van der Waals surface area contributed by atoms with E-state index < -0.39 is 11.7 Å². The monoisotopic (exact) mass is 363 g/mol. The topological polar surface area (TPSA) is 51.5 Å². The molecule has 0 bridgehead atoms. The number of methoxy groups -OCH3 is 1. The summed E-state index contributed by atoms with van der Waals surface area (Å²) in [5.74, 6) is 0.683. The maximum Gasteiger partial charge on any atom is 0.416 e. The molecule has 1 heterocycles. The number of amides is 1. The van der Waals surface area contributed by atoms with Gasteiger partial charge < -0.3 is 14.5 Å². The van der Waals surface area contributed by atoms with Crippen molar-refractivity contribution in [3.8, 4) is 5.75 Å². The van der Waals surface area contributed by atoms with Gasteiger partial charge in [-0.1, -0.05) is 12.1 Å². The minimum absolute atomic E-state index is 0.104. The van der Waals surface area contributed by atoms with Crippen molar-refractivity contribution < 1.29 is 27.1 Å². The lowest BCUT2D eigenvalue weighted by Gasteiger charge is -2.09. The maximum absolute atomic E-state index is 12.6. The molecule has 4 nitrogen and oxygen atoms in total. The molecule has 0 aliphatic rings. The Kier molecular flexibility index (Phi) is 4.63. The second-order valence-electron chi connectivity index (χ2n) is 5.77. The highest BCUT2D eigenvalue weighted by Crippen LogP contribution is 2.30. The summed E-state index contributed by atoms with van der Waals surface area (Å²) >= 11 is 0. The summed E-state index contributed by atoms with van der Waals surface area (Å²) in [5.41, 5.74) is 0.777. The van der Waals surface area contributed by atoms with E-state index in [1.54, 1.807) is 25.1 Å². The lowest BCUT2D eigenvalue weighted by atomic mass is 10.1. The molecule has 0 radical (unpaired) electrons. The molecule has 2 aromatic carbocycles. The van der Waals surface area contributed by atoms with Gasteiger partial charge in [0.05, 0.1) is 18.2 Å². The lowest BCUT2D eigenvalue weighted by Crippen LogP contribution is -2.23. The fourth-order valence-corrected chi connectivity index (χ4v) is 2.69. The summed E-state index contributed by atoms with van der Waals surface area (Å²) in [6.07, 6.45) is -4.38. The number of furan rings is 1. The summed E-state index contributed by atoms with van der Waals surface area (Å²) in [6, 6.07) is 9.82. The number of halogens is 3. The molecule has 3 rings (SSSR count). The van der Waals surface area contributed by atoms with Crippen LogP contribution in [0.5, 0.6) is 5.75 Å². The molecule has 0 aliphatic heterocycles. The van der Waals surface area contributed by atoms with Gasteiger partial charge in [-0.25, -0.2) is 0 Å². The second-order valence-corrected chi connectivity index (χ2v) is 5.77. The minimum atomic E-state index is -4.38. The van der Waals surface area contributed by atoms with Crippen LogP contribution >= 0.6 is 0 Å². The molecular weight excluding hydrogens is 347 g/mol. The zero-order chi connectivity index (χ0) is 18.9. The highest BCUT2D eigenvalue weighted by Gasteiger charge is 2.29. The van der Waals surface area contributed by atoms with Gasteiger partial charge in [0.15, 0.2) is 0 Å². The predicted molar refractivity (Wildman–Crippen MR) is 90.1 cm³/mol. The van der Waals surface area contributed by atoms with Crippen LogP contribution in [-0.2, 0) is 12.7 Å². The maximum atomic E-state index is 12.6. The van der Waals surface area contributed by atoms with Crippen molar-refractivity contribution in [2.75, 3.05) is 7.11 Å². The molecule has 0 aliphatic carbocycles. The van der Waals surface area contributed by atoms with Crippen LogP contribution in [0.4, 0.5) is 13.2 Å². The first-order chi connectivity index (χ1) is 12.3. The highest BCUT2D eigenvalue weighted by molar-refractivity contribution is 6.07. The van der Waals surface area contributed by atoms with E-state index >= 15 is 0 Å². The number of hydrogen-bond acceptors (Lipinski definition) is 3. The van der Waals surface area contributed by atoms with E-state index in [4.69, 9.17) is 9.15 Å². The first kappa shape index (κ1) is 17.8. The van der Waals surface area contributed by atoms with Gasteiger partial charge in [-0.3, -0.25) is 4.79 Å². The number of carbonyl (C=O) groups excluding carboxylic acids is 1. The van der Waals surface area contributed by atoms with Crippen molar-refractivity contribution in [2.45, 2.75) is 19.6 Å². The molecule has 26 heavy (non-hydrogen) atoms. The van der Waals surface area contributed by atoms with E-state index in [2.05, 4.69) is 5.32 Å². The van der Waals surface area contributed by atoms with Crippen molar-refractivity contribution in [3.05, 3.63) is 64.9 Å². The van der Waals surface area contributed by atoms with E-state index in [9.17, 15) is 18.0 Å². The standard InChI is InChI=1S/C19H16F3NO3/c1-11-17(15-9-14(25-2)7-8-16(15)26-11)18(24)23-10-12-3-5-13(6-4-12)19(20,21)22/h3-9H,10H2,1-2H3,(H,23,24). The Balaban J connectivity index is 1.78. The highest BCUT2D eigenvalue weighted by atomic mass is 19.4. The third-order valence-corrected chi connectivity index (χ3v) is 4.03. The van der Waals surface area contributed by atoms with E-state index in [1.165, 1.54) is 19.2 Å². The number of nitrogens with one attached hydrogen (secondary N) is 1. The minimum Gasteiger partial charge on any atom is -0.497 e. The smallest absolute Gasteiger partial charge is 0.416 e. The third-order valence-electron chi connectivity index (χ3n) is 4.03. The van der Waals surface area contributed by atoms with Gasteiger partial charge in [0.1, 0.15) is 17.1 Å². The molecule has 0 atom stereocenters. The summed E-state index contributed by atoms with van der Waals surface area (Å²) in [4.78, 5) is 12.5. The second kappa shape index (κ2) is 6.74. The summed E-state index contributed by atoms with van der Waals surface area (Å²) in [5, 5.41) is 3.33. The van der Waals surface area contributed by atoms with Crippen LogP contribution in [0.25, 0.3) is 11.0 Å². The summed E-state index contributed by atoms with van der Waals surface area (Å²) < 4.78 is 48.5. The van der Waals surface area contributed by atoms with E-state index in [0.29, 0.717) is 33.6 Å². The Morgan fingerprint density at radius 2 is 1.85 bits per heavy atom. The molecule has 0 saturated heterocycles.